The second-order valence-electron chi connectivity index (χ2n) is 5.83. The second kappa shape index (κ2) is 6.78. The maximum absolute atomic E-state index is 14.2. The van der Waals surface area contributed by atoms with E-state index in [0.717, 1.165) is 25.9 Å². The molecule has 1 aromatic rings. The highest BCUT2D eigenvalue weighted by atomic mass is 19.1. The van der Waals surface area contributed by atoms with Gasteiger partial charge in [-0.1, -0.05) is 19.8 Å². The number of rotatable bonds is 4. The summed E-state index contributed by atoms with van der Waals surface area (Å²) in [6, 6.07) is 2.69. The molecule has 1 aliphatic heterocycles. The van der Waals surface area contributed by atoms with Gasteiger partial charge in [-0.25, -0.2) is 4.39 Å². The van der Waals surface area contributed by atoms with Crippen molar-refractivity contribution in [1.82, 2.24) is 0 Å². The van der Waals surface area contributed by atoms with Crippen LogP contribution in [0.5, 0.6) is 0 Å². The number of hydrogen-bond donors (Lipinski definition) is 2. The monoisotopic (exact) mass is 293 g/mol. The number of amides is 1. The zero-order valence-electron chi connectivity index (χ0n) is 12.6. The summed E-state index contributed by atoms with van der Waals surface area (Å²) >= 11 is 0. The lowest BCUT2D eigenvalue weighted by molar-refractivity contribution is 0.100. The topological polar surface area (TPSA) is 72.3 Å². The fourth-order valence-electron chi connectivity index (χ4n) is 3.14. The maximum Gasteiger partial charge on any atom is 0.250 e. The number of carbonyl (C=O) groups is 1. The van der Waals surface area contributed by atoms with E-state index in [-0.39, 0.29) is 17.1 Å². The van der Waals surface area contributed by atoms with Crippen molar-refractivity contribution in [1.29, 1.82) is 0 Å². The van der Waals surface area contributed by atoms with Crippen LogP contribution >= 0.6 is 0 Å². The van der Waals surface area contributed by atoms with Crippen LogP contribution in [-0.2, 0) is 0 Å². The van der Waals surface area contributed by atoms with E-state index in [2.05, 4.69) is 6.92 Å². The molecule has 1 amide bonds. The maximum atomic E-state index is 14.2. The van der Waals surface area contributed by atoms with Gasteiger partial charge in [0.1, 0.15) is 5.82 Å². The molecule has 4 nitrogen and oxygen atoms in total. The molecule has 1 saturated heterocycles. The number of nitrogens with two attached hydrogens (primary N) is 2. The summed E-state index contributed by atoms with van der Waals surface area (Å²) in [6.45, 7) is 3.81. The van der Waals surface area contributed by atoms with Gasteiger partial charge >= 0.3 is 0 Å². The van der Waals surface area contributed by atoms with Crippen LogP contribution in [0.25, 0.3) is 0 Å². The van der Waals surface area contributed by atoms with Gasteiger partial charge in [-0.05, 0) is 37.3 Å². The van der Waals surface area contributed by atoms with E-state index in [0.29, 0.717) is 11.6 Å². The first-order chi connectivity index (χ1) is 10.0. The number of hydrogen-bond acceptors (Lipinski definition) is 3. The van der Waals surface area contributed by atoms with E-state index >= 15 is 0 Å². The van der Waals surface area contributed by atoms with E-state index in [1.165, 1.54) is 31.4 Å². The molecule has 1 fully saturated rings. The number of nitrogens with zero attached hydrogens (tertiary/aromatic N) is 1. The van der Waals surface area contributed by atoms with Gasteiger partial charge in [-0.3, -0.25) is 4.79 Å². The molecule has 0 aliphatic carbocycles. The van der Waals surface area contributed by atoms with Crippen LogP contribution in [0.2, 0.25) is 0 Å². The first-order valence-corrected chi connectivity index (χ1v) is 7.66. The fourth-order valence-corrected chi connectivity index (χ4v) is 3.14. The predicted molar refractivity (Wildman–Crippen MR) is 83.8 cm³/mol. The van der Waals surface area contributed by atoms with Gasteiger partial charge in [0.2, 0.25) is 0 Å². The van der Waals surface area contributed by atoms with Crippen LogP contribution in [-0.4, -0.2) is 19.0 Å². The summed E-state index contributed by atoms with van der Waals surface area (Å²) in [5, 5.41) is 0. The molecule has 2 rings (SSSR count). The molecule has 21 heavy (non-hydrogen) atoms. The molecular formula is C16H24FN3O. The van der Waals surface area contributed by atoms with Crippen LogP contribution in [0.15, 0.2) is 12.1 Å². The zero-order valence-corrected chi connectivity index (χ0v) is 12.6. The molecular weight excluding hydrogens is 269 g/mol. The second-order valence-corrected chi connectivity index (χ2v) is 5.83. The Labute approximate surface area is 125 Å². The van der Waals surface area contributed by atoms with Crippen molar-refractivity contribution >= 4 is 17.3 Å². The SMILES string of the molecule is CCCC1CCCN(c2cc(C(N)=O)c(N)cc2F)CC1. The lowest BCUT2D eigenvalue weighted by atomic mass is 9.96. The Morgan fingerprint density at radius 3 is 2.81 bits per heavy atom. The molecule has 0 radical (unpaired) electrons. The number of halogens is 1. The Balaban J connectivity index is 2.21. The molecule has 1 aliphatic rings. The van der Waals surface area contributed by atoms with Crippen LogP contribution < -0.4 is 16.4 Å². The molecule has 1 aromatic carbocycles. The molecule has 4 N–H and O–H groups in total. The molecule has 0 saturated carbocycles. The van der Waals surface area contributed by atoms with Crippen molar-refractivity contribution in [2.24, 2.45) is 11.7 Å². The summed E-state index contributed by atoms with van der Waals surface area (Å²) in [5.41, 5.74) is 11.7. The van der Waals surface area contributed by atoms with E-state index in [4.69, 9.17) is 11.5 Å². The molecule has 0 spiro atoms. The lowest BCUT2D eigenvalue weighted by Gasteiger charge is -2.24. The zero-order chi connectivity index (χ0) is 15.4. The first kappa shape index (κ1) is 15.6. The third kappa shape index (κ3) is 3.65. The van der Waals surface area contributed by atoms with Crippen molar-refractivity contribution < 1.29 is 9.18 Å². The van der Waals surface area contributed by atoms with Gasteiger partial charge < -0.3 is 16.4 Å². The van der Waals surface area contributed by atoms with Crippen molar-refractivity contribution in [2.75, 3.05) is 23.7 Å². The minimum Gasteiger partial charge on any atom is -0.398 e. The number of primary amides is 1. The molecule has 0 aromatic heterocycles. The Morgan fingerprint density at radius 2 is 2.14 bits per heavy atom. The van der Waals surface area contributed by atoms with Crippen molar-refractivity contribution in [3.8, 4) is 0 Å². The Bertz CT molecular complexity index is 518. The average molecular weight is 293 g/mol. The van der Waals surface area contributed by atoms with Crippen LogP contribution in [0.3, 0.4) is 0 Å². The standard InChI is InChI=1S/C16H24FN3O/c1-2-4-11-5-3-7-20(8-6-11)15-9-12(16(19)21)14(18)10-13(15)17/h9-11H,2-8,18H2,1H3,(H2,19,21). The Kier molecular flexibility index (Phi) is 5.04. The van der Waals surface area contributed by atoms with Crippen molar-refractivity contribution in [3.05, 3.63) is 23.5 Å². The first-order valence-electron chi connectivity index (χ1n) is 7.66. The highest BCUT2D eigenvalue weighted by molar-refractivity contribution is 5.99. The van der Waals surface area contributed by atoms with E-state index in [1.807, 2.05) is 4.90 Å². The van der Waals surface area contributed by atoms with E-state index < -0.39 is 5.91 Å². The normalized spacial score (nSPS) is 19.3. The Morgan fingerprint density at radius 1 is 1.38 bits per heavy atom. The van der Waals surface area contributed by atoms with Gasteiger partial charge in [0.15, 0.2) is 0 Å². The minimum absolute atomic E-state index is 0.0995. The average Bonchev–Trinajstić information content (AvgIpc) is 2.64. The summed E-state index contributed by atoms with van der Waals surface area (Å²) in [6.07, 6.45) is 5.70. The smallest absolute Gasteiger partial charge is 0.250 e. The third-order valence-electron chi connectivity index (χ3n) is 4.27. The summed E-state index contributed by atoms with van der Waals surface area (Å²) in [7, 11) is 0. The molecule has 1 atom stereocenters. The van der Waals surface area contributed by atoms with Crippen LogP contribution in [0.4, 0.5) is 15.8 Å². The largest absolute Gasteiger partial charge is 0.398 e. The molecule has 1 unspecified atom stereocenters. The third-order valence-corrected chi connectivity index (χ3v) is 4.27. The Hall–Kier alpha value is -1.78. The lowest BCUT2D eigenvalue weighted by Crippen LogP contribution is -2.26. The number of nitrogen functional groups attached to an aromatic ring is 1. The quantitative estimate of drug-likeness (QED) is 0.838. The summed E-state index contributed by atoms with van der Waals surface area (Å²) < 4.78 is 14.2. The molecule has 0 bridgehead atoms. The minimum atomic E-state index is -0.618. The van der Waals surface area contributed by atoms with Crippen molar-refractivity contribution in [3.63, 3.8) is 0 Å². The van der Waals surface area contributed by atoms with Gasteiger partial charge in [0.05, 0.1) is 11.3 Å². The summed E-state index contributed by atoms with van der Waals surface area (Å²) in [4.78, 5) is 13.4. The van der Waals surface area contributed by atoms with E-state index in [1.54, 1.807) is 0 Å². The molecule has 1 heterocycles. The number of benzene rings is 1. The molecule has 116 valence electrons. The molecule has 5 heteroatoms. The van der Waals surface area contributed by atoms with Gasteiger partial charge in [0.25, 0.3) is 5.91 Å². The highest BCUT2D eigenvalue weighted by Gasteiger charge is 2.21. The van der Waals surface area contributed by atoms with E-state index in [9.17, 15) is 9.18 Å². The number of anilines is 2. The van der Waals surface area contributed by atoms with Crippen LogP contribution in [0.1, 0.15) is 49.4 Å². The van der Waals surface area contributed by atoms with Gasteiger partial charge in [-0.15, -0.1) is 0 Å². The van der Waals surface area contributed by atoms with Gasteiger partial charge in [0, 0.05) is 18.8 Å². The number of carbonyl (C=O) groups excluding carboxylic acids is 1. The summed E-state index contributed by atoms with van der Waals surface area (Å²) in [5.74, 6) is -0.286. The fraction of sp³-hybridized carbons (Fsp3) is 0.562. The highest BCUT2D eigenvalue weighted by Crippen LogP contribution is 2.29. The van der Waals surface area contributed by atoms with Gasteiger partial charge in [-0.2, -0.15) is 0 Å². The van der Waals surface area contributed by atoms with Crippen LogP contribution in [0, 0.1) is 11.7 Å². The van der Waals surface area contributed by atoms with Crippen molar-refractivity contribution in [2.45, 2.75) is 39.0 Å². The predicted octanol–water partition coefficient (Wildman–Crippen LogP) is 2.91.